The van der Waals surface area contributed by atoms with E-state index < -0.39 is 5.41 Å². The van der Waals surface area contributed by atoms with Gasteiger partial charge in [0.2, 0.25) is 0 Å². The molecule has 4 heteroatoms. The van der Waals surface area contributed by atoms with Crippen LogP contribution in [0.4, 0.5) is 10.1 Å². The summed E-state index contributed by atoms with van der Waals surface area (Å²) in [5, 5.41) is 10.3. The van der Waals surface area contributed by atoms with E-state index in [1.165, 1.54) is 12.1 Å². The van der Waals surface area contributed by atoms with Crippen molar-refractivity contribution in [2.75, 3.05) is 5.06 Å². The molecule has 1 amide bonds. The molecule has 1 heterocycles. The van der Waals surface area contributed by atoms with E-state index in [-0.39, 0.29) is 17.4 Å². The normalized spacial score (nSPS) is 21.7. The molecule has 1 aliphatic heterocycles. The molecular formula is C11H10FNO2. The van der Waals surface area contributed by atoms with Crippen LogP contribution in [0.3, 0.4) is 0 Å². The summed E-state index contributed by atoms with van der Waals surface area (Å²) in [5.74, 6) is -0.633. The fourth-order valence-electron chi connectivity index (χ4n) is 2.21. The maximum Gasteiger partial charge on any atom is 0.257 e. The Kier molecular flexibility index (Phi) is 1.52. The first-order valence-electron chi connectivity index (χ1n) is 4.95. The number of hydrogen-bond acceptors (Lipinski definition) is 2. The first-order chi connectivity index (χ1) is 7.14. The zero-order valence-corrected chi connectivity index (χ0v) is 8.03. The Labute approximate surface area is 86.1 Å². The number of carbonyl (C=O) groups is 1. The maximum absolute atomic E-state index is 13.5. The van der Waals surface area contributed by atoms with Crippen LogP contribution in [0, 0.1) is 11.2 Å². The highest BCUT2D eigenvalue weighted by Crippen LogP contribution is 2.54. The van der Waals surface area contributed by atoms with Crippen LogP contribution in [-0.4, -0.2) is 11.1 Å². The van der Waals surface area contributed by atoms with E-state index in [2.05, 4.69) is 0 Å². The van der Waals surface area contributed by atoms with Gasteiger partial charge < -0.3 is 0 Å². The van der Waals surface area contributed by atoms with Gasteiger partial charge >= 0.3 is 0 Å². The van der Waals surface area contributed by atoms with Gasteiger partial charge in [-0.3, -0.25) is 10.0 Å². The molecule has 0 unspecified atom stereocenters. The summed E-state index contributed by atoms with van der Waals surface area (Å²) in [6.45, 7) is 0. The largest absolute Gasteiger partial charge is 0.281 e. The molecule has 78 valence electrons. The number of benzene rings is 1. The summed E-state index contributed by atoms with van der Waals surface area (Å²) in [6, 6.07) is 4.42. The van der Waals surface area contributed by atoms with Gasteiger partial charge in [-0.25, -0.2) is 4.39 Å². The van der Waals surface area contributed by atoms with Gasteiger partial charge in [0.1, 0.15) is 5.82 Å². The average Bonchev–Trinajstić information content (AvgIpc) is 2.98. The first kappa shape index (κ1) is 8.85. The van der Waals surface area contributed by atoms with Crippen LogP contribution in [-0.2, 0) is 11.2 Å². The van der Waals surface area contributed by atoms with Crippen molar-refractivity contribution in [1.29, 1.82) is 0 Å². The lowest BCUT2D eigenvalue weighted by Gasteiger charge is -2.29. The number of nitrogens with zero attached hydrogens (tertiary/aromatic N) is 1. The zero-order valence-electron chi connectivity index (χ0n) is 8.03. The fraction of sp³-hybridized carbons (Fsp3) is 0.364. The number of hydroxylamine groups is 1. The predicted octanol–water partition coefficient (Wildman–Crippen LogP) is 1.88. The van der Waals surface area contributed by atoms with Crippen LogP contribution < -0.4 is 5.06 Å². The summed E-state index contributed by atoms with van der Waals surface area (Å²) in [4.78, 5) is 11.7. The smallest absolute Gasteiger partial charge is 0.257 e. The van der Waals surface area contributed by atoms with E-state index >= 15 is 0 Å². The van der Waals surface area contributed by atoms with Crippen molar-refractivity contribution in [2.24, 2.45) is 5.41 Å². The molecule has 15 heavy (non-hydrogen) atoms. The molecule has 1 spiro atoms. The minimum atomic E-state index is -0.510. The lowest BCUT2D eigenvalue weighted by atomic mass is 9.90. The van der Waals surface area contributed by atoms with Crippen molar-refractivity contribution in [2.45, 2.75) is 19.3 Å². The van der Waals surface area contributed by atoms with Crippen LogP contribution in [0.1, 0.15) is 18.4 Å². The van der Waals surface area contributed by atoms with Gasteiger partial charge in [-0.1, -0.05) is 6.07 Å². The van der Waals surface area contributed by atoms with E-state index in [9.17, 15) is 14.4 Å². The van der Waals surface area contributed by atoms with E-state index in [1.54, 1.807) is 6.07 Å². The molecule has 0 atom stereocenters. The minimum absolute atomic E-state index is 0.289. The van der Waals surface area contributed by atoms with Crippen molar-refractivity contribution in [1.82, 2.24) is 0 Å². The van der Waals surface area contributed by atoms with Gasteiger partial charge in [-0.05, 0) is 31.4 Å². The summed E-state index contributed by atoms with van der Waals surface area (Å²) >= 11 is 0. The van der Waals surface area contributed by atoms with Crippen molar-refractivity contribution >= 4 is 11.6 Å². The topological polar surface area (TPSA) is 40.5 Å². The van der Waals surface area contributed by atoms with Gasteiger partial charge in [-0.2, -0.15) is 5.06 Å². The number of carbonyl (C=O) groups excluding carboxylic acids is 1. The van der Waals surface area contributed by atoms with Gasteiger partial charge in [0, 0.05) is 5.56 Å². The van der Waals surface area contributed by atoms with Crippen molar-refractivity contribution in [3.8, 4) is 0 Å². The molecule has 0 saturated heterocycles. The second kappa shape index (κ2) is 2.58. The van der Waals surface area contributed by atoms with Gasteiger partial charge in [0.05, 0.1) is 11.1 Å². The second-order valence-corrected chi connectivity index (χ2v) is 4.31. The Morgan fingerprint density at radius 2 is 2.13 bits per heavy atom. The Hall–Kier alpha value is -1.42. The van der Waals surface area contributed by atoms with E-state index in [0.717, 1.165) is 12.8 Å². The van der Waals surface area contributed by atoms with Crippen LogP contribution >= 0.6 is 0 Å². The summed E-state index contributed by atoms with van der Waals surface area (Å²) in [5.41, 5.74) is 0.235. The lowest BCUT2D eigenvalue weighted by molar-refractivity contribution is -0.129. The van der Waals surface area contributed by atoms with Crippen molar-refractivity contribution in [3.05, 3.63) is 29.6 Å². The predicted molar refractivity (Wildman–Crippen MR) is 51.0 cm³/mol. The highest BCUT2D eigenvalue weighted by atomic mass is 19.1. The van der Waals surface area contributed by atoms with E-state index in [4.69, 9.17) is 0 Å². The molecule has 3 nitrogen and oxygen atoms in total. The van der Waals surface area contributed by atoms with E-state index in [1.807, 2.05) is 0 Å². The molecule has 2 aliphatic rings. The summed E-state index contributed by atoms with van der Waals surface area (Å²) < 4.78 is 13.5. The third-order valence-corrected chi connectivity index (χ3v) is 3.34. The molecule has 0 bridgehead atoms. The van der Waals surface area contributed by atoms with Gasteiger partial charge in [0.25, 0.3) is 5.91 Å². The van der Waals surface area contributed by atoms with Crippen molar-refractivity contribution < 1.29 is 14.4 Å². The monoisotopic (exact) mass is 207 g/mol. The number of halogens is 1. The van der Waals surface area contributed by atoms with E-state index in [0.29, 0.717) is 17.0 Å². The standard InChI is InChI=1S/C11H10FNO2/c12-8-2-1-3-9-7(8)6-11(4-5-11)10(14)13(9)15/h1-3,15H,4-6H2. The number of anilines is 1. The first-order valence-corrected chi connectivity index (χ1v) is 4.95. The summed E-state index contributed by atoms with van der Waals surface area (Å²) in [6.07, 6.45) is 1.91. The maximum atomic E-state index is 13.5. The molecule has 1 aliphatic carbocycles. The quantitative estimate of drug-likeness (QED) is 0.660. The summed E-state index contributed by atoms with van der Waals surface area (Å²) in [7, 11) is 0. The average molecular weight is 207 g/mol. The number of rotatable bonds is 0. The van der Waals surface area contributed by atoms with Gasteiger partial charge in [0.15, 0.2) is 0 Å². The Bertz CT molecular complexity index is 454. The van der Waals surface area contributed by atoms with Crippen LogP contribution in [0.25, 0.3) is 0 Å². The minimum Gasteiger partial charge on any atom is -0.281 e. The van der Waals surface area contributed by atoms with Crippen molar-refractivity contribution in [3.63, 3.8) is 0 Å². The molecule has 1 fully saturated rings. The zero-order chi connectivity index (χ0) is 10.6. The molecule has 0 aromatic heterocycles. The highest BCUT2D eigenvalue weighted by Gasteiger charge is 2.55. The Balaban J connectivity index is 2.17. The lowest BCUT2D eigenvalue weighted by Crippen LogP contribution is -2.40. The molecular weight excluding hydrogens is 197 g/mol. The molecule has 1 N–H and O–H groups in total. The molecule has 0 radical (unpaired) electrons. The Morgan fingerprint density at radius 1 is 1.40 bits per heavy atom. The number of amides is 1. The Morgan fingerprint density at radius 3 is 2.80 bits per heavy atom. The second-order valence-electron chi connectivity index (χ2n) is 4.31. The highest BCUT2D eigenvalue weighted by molar-refractivity contribution is 6.00. The number of fused-ring (bicyclic) bond motifs is 1. The molecule has 3 rings (SSSR count). The molecule has 1 aromatic carbocycles. The fourth-order valence-corrected chi connectivity index (χ4v) is 2.21. The molecule has 1 saturated carbocycles. The third kappa shape index (κ3) is 1.05. The van der Waals surface area contributed by atoms with Crippen LogP contribution in [0.5, 0.6) is 0 Å². The third-order valence-electron chi connectivity index (χ3n) is 3.34. The van der Waals surface area contributed by atoms with Crippen LogP contribution in [0.15, 0.2) is 18.2 Å². The number of hydrogen-bond donors (Lipinski definition) is 1. The molecule has 1 aromatic rings. The van der Waals surface area contributed by atoms with Crippen LogP contribution in [0.2, 0.25) is 0 Å². The SMILES string of the molecule is O=C1N(O)c2cccc(F)c2CC12CC2. The van der Waals surface area contributed by atoms with Gasteiger partial charge in [-0.15, -0.1) is 0 Å².